The molecule has 1 aliphatic carbocycles. The van der Waals surface area contributed by atoms with Crippen LogP contribution in [0.3, 0.4) is 0 Å². The number of hydrogen-bond donors (Lipinski definition) is 0. The number of benzene rings is 3. The molecular weight excluding hydrogens is 383 g/mol. The van der Waals surface area contributed by atoms with Crippen LogP contribution in [0.1, 0.15) is 49.7 Å². The van der Waals surface area contributed by atoms with Gasteiger partial charge in [0.15, 0.2) is 0 Å². The monoisotopic (exact) mass is 414 g/mol. The summed E-state index contributed by atoms with van der Waals surface area (Å²) in [6.45, 7) is 2.54. The summed E-state index contributed by atoms with van der Waals surface area (Å²) in [7, 11) is 1.62. The van der Waals surface area contributed by atoms with Gasteiger partial charge in [0.2, 0.25) is 0 Å². The second-order valence-corrected chi connectivity index (χ2v) is 8.58. The van der Waals surface area contributed by atoms with Gasteiger partial charge >= 0.3 is 0 Å². The van der Waals surface area contributed by atoms with Crippen LogP contribution < -0.4 is 0 Å². The van der Waals surface area contributed by atoms with E-state index in [1.807, 2.05) is 24.3 Å². The molecule has 3 aromatic carbocycles. The molecule has 1 saturated carbocycles. The topological polar surface area (TPSA) is 9.23 Å². The number of halogens is 1. The number of allylic oxidation sites excluding steroid dienone is 2. The summed E-state index contributed by atoms with van der Waals surface area (Å²) in [5.41, 5.74) is 6.17. The van der Waals surface area contributed by atoms with Crippen molar-refractivity contribution in [3.63, 3.8) is 0 Å². The van der Waals surface area contributed by atoms with E-state index in [1.54, 1.807) is 13.2 Å². The van der Waals surface area contributed by atoms with E-state index in [0.717, 1.165) is 22.6 Å². The van der Waals surface area contributed by atoms with Gasteiger partial charge < -0.3 is 4.74 Å². The van der Waals surface area contributed by atoms with Gasteiger partial charge in [0.05, 0.1) is 6.61 Å². The molecule has 0 saturated heterocycles. The van der Waals surface area contributed by atoms with Gasteiger partial charge in [-0.3, -0.25) is 0 Å². The van der Waals surface area contributed by atoms with Gasteiger partial charge in [-0.1, -0.05) is 72.8 Å². The van der Waals surface area contributed by atoms with Crippen LogP contribution in [0.2, 0.25) is 0 Å². The van der Waals surface area contributed by atoms with Crippen LogP contribution >= 0.6 is 0 Å². The van der Waals surface area contributed by atoms with Gasteiger partial charge in [0, 0.05) is 12.7 Å². The van der Waals surface area contributed by atoms with Gasteiger partial charge in [-0.2, -0.15) is 0 Å². The van der Waals surface area contributed by atoms with Crippen molar-refractivity contribution in [2.75, 3.05) is 7.11 Å². The van der Waals surface area contributed by atoms with Crippen molar-refractivity contribution in [1.82, 2.24) is 0 Å². The molecule has 1 nitrogen and oxygen atoms in total. The Morgan fingerprint density at radius 3 is 2.03 bits per heavy atom. The Bertz CT molecular complexity index is 1010. The van der Waals surface area contributed by atoms with Crippen LogP contribution in [0.4, 0.5) is 4.39 Å². The Kier molecular flexibility index (Phi) is 6.99. The predicted molar refractivity (Wildman–Crippen MR) is 127 cm³/mol. The summed E-state index contributed by atoms with van der Waals surface area (Å²) in [6.07, 6.45) is 9.69. The van der Waals surface area contributed by atoms with Crippen molar-refractivity contribution < 1.29 is 9.13 Å². The summed E-state index contributed by atoms with van der Waals surface area (Å²) in [6, 6.07) is 22.5. The molecule has 0 spiro atoms. The van der Waals surface area contributed by atoms with E-state index in [1.165, 1.54) is 36.8 Å². The maximum atomic E-state index is 14.5. The average Bonchev–Trinajstić information content (AvgIpc) is 2.81. The molecule has 3 aromatic rings. The second kappa shape index (κ2) is 10.1. The van der Waals surface area contributed by atoms with Crippen molar-refractivity contribution >= 4 is 0 Å². The Morgan fingerprint density at radius 1 is 0.839 bits per heavy atom. The molecule has 0 amide bonds. The van der Waals surface area contributed by atoms with E-state index in [-0.39, 0.29) is 5.82 Å². The minimum atomic E-state index is -0.212. The maximum absolute atomic E-state index is 14.5. The SMILES string of the molecule is C/C=C\[C@H]1CC[C@H](c2ccc(-c3ccc(-c4ccc(COC)cc4F)cc3)cc2)CC1. The lowest BCUT2D eigenvalue weighted by molar-refractivity contribution is 0.184. The first-order chi connectivity index (χ1) is 15.2. The van der Waals surface area contributed by atoms with Crippen LogP contribution in [-0.2, 0) is 11.3 Å². The van der Waals surface area contributed by atoms with E-state index in [2.05, 4.69) is 55.5 Å². The lowest BCUT2D eigenvalue weighted by Gasteiger charge is -2.27. The van der Waals surface area contributed by atoms with E-state index in [4.69, 9.17) is 4.74 Å². The highest BCUT2D eigenvalue weighted by Gasteiger charge is 2.20. The summed E-state index contributed by atoms with van der Waals surface area (Å²) in [5, 5.41) is 0. The molecular formula is C29H31FO. The molecule has 4 rings (SSSR count). The largest absolute Gasteiger partial charge is 0.380 e. The lowest BCUT2D eigenvalue weighted by Crippen LogP contribution is -2.11. The van der Waals surface area contributed by atoms with E-state index >= 15 is 0 Å². The summed E-state index contributed by atoms with van der Waals surface area (Å²) >= 11 is 0. The smallest absolute Gasteiger partial charge is 0.131 e. The van der Waals surface area contributed by atoms with Crippen LogP contribution in [0.25, 0.3) is 22.3 Å². The van der Waals surface area contributed by atoms with Crippen LogP contribution in [0.15, 0.2) is 78.9 Å². The Balaban J connectivity index is 1.45. The molecule has 0 unspecified atom stereocenters. The van der Waals surface area contributed by atoms with E-state index in [9.17, 15) is 4.39 Å². The zero-order chi connectivity index (χ0) is 21.6. The highest BCUT2D eigenvalue weighted by atomic mass is 19.1. The third-order valence-electron chi connectivity index (χ3n) is 6.49. The minimum Gasteiger partial charge on any atom is -0.380 e. The Labute approximate surface area is 185 Å². The first kappa shape index (κ1) is 21.5. The first-order valence-electron chi connectivity index (χ1n) is 11.3. The van der Waals surface area contributed by atoms with Crippen LogP contribution in [0.5, 0.6) is 0 Å². The summed E-state index contributed by atoms with van der Waals surface area (Å²) < 4.78 is 19.6. The highest BCUT2D eigenvalue weighted by Crippen LogP contribution is 2.37. The summed E-state index contributed by atoms with van der Waals surface area (Å²) in [4.78, 5) is 0. The van der Waals surface area contributed by atoms with Crippen LogP contribution in [-0.4, -0.2) is 7.11 Å². The number of ether oxygens (including phenoxy) is 1. The zero-order valence-electron chi connectivity index (χ0n) is 18.5. The lowest BCUT2D eigenvalue weighted by atomic mass is 9.78. The quantitative estimate of drug-likeness (QED) is 0.370. The molecule has 2 heteroatoms. The summed E-state index contributed by atoms with van der Waals surface area (Å²) in [5.74, 6) is 1.23. The van der Waals surface area contributed by atoms with Crippen molar-refractivity contribution in [3.8, 4) is 22.3 Å². The Hall–Kier alpha value is -2.71. The number of hydrogen-bond acceptors (Lipinski definition) is 1. The van der Waals surface area contributed by atoms with Gasteiger partial charge in [-0.05, 0) is 78.3 Å². The fraction of sp³-hybridized carbons (Fsp3) is 0.310. The van der Waals surface area contributed by atoms with Gasteiger partial charge in [0.25, 0.3) is 0 Å². The van der Waals surface area contributed by atoms with E-state index < -0.39 is 0 Å². The second-order valence-electron chi connectivity index (χ2n) is 8.58. The van der Waals surface area contributed by atoms with Crippen molar-refractivity contribution in [2.24, 2.45) is 5.92 Å². The normalized spacial score (nSPS) is 19.1. The molecule has 0 aromatic heterocycles. The molecule has 160 valence electrons. The van der Waals surface area contributed by atoms with Crippen molar-refractivity contribution in [3.05, 3.63) is 95.8 Å². The fourth-order valence-corrected chi connectivity index (χ4v) is 4.76. The first-order valence-corrected chi connectivity index (χ1v) is 11.3. The molecule has 0 radical (unpaired) electrons. The fourth-order valence-electron chi connectivity index (χ4n) is 4.76. The maximum Gasteiger partial charge on any atom is 0.131 e. The standard InChI is InChI=1S/C29H31FO/c1-3-4-21-5-8-23(9-6-21)24-10-12-25(13-11-24)26-14-16-27(17-15-26)28-18-7-22(20-31-2)19-29(28)30/h3-4,7,10-19,21,23H,5-6,8-9,20H2,1-2H3/b4-3-/t21-,23-. The average molecular weight is 415 g/mol. The number of rotatable bonds is 6. The molecule has 0 N–H and O–H groups in total. The van der Waals surface area contributed by atoms with Gasteiger partial charge in [-0.15, -0.1) is 0 Å². The highest BCUT2D eigenvalue weighted by molar-refractivity contribution is 5.71. The molecule has 1 aliphatic rings. The Morgan fingerprint density at radius 2 is 1.45 bits per heavy atom. The third-order valence-corrected chi connectivity index (χ3v) is 6.49. The van der Waals surface area contributed by atoms with Crippen molar-refractivity contribution in [2.45, 2.75) is 45.1 Å². The molecule has 0 atom stereocenters. The molecule has 0 aliphatic heterocycles. The van der Waals surface area contributed by atoms with Gasteiger partial charge in [0.1, 0.15) is 5.82 Å². The number of methoxy groups -OCH3 is 1. The van der Waals surface area contributed by atoms with Crippen LogP contribution in [0, 0.1) is 11.7 Å². The van der Waals surface area contributed by atoms with Gasteiger partial charge in [-0.25, -0.2) is 4.39 Å². The molecule has 0 heterocycles. The van der Waals surface area contributed by atoms with Crippen molar-refractivity contribution in [1.29, 1.82) is 0 Å². The minimum absolute atomic E-state index is 0.212. The molecule has 0 bridgehead atoms. The third kappa shape index (κ3) is 5.14. The van der Waals surface area contributed by atoms with E-state index in [0.29, 0.717) is 18.1 Å². The molecule has 31 heavy (non-hydrogen) atoms. The zero-order valence-corrected chi connectivity index (χ0v) is 18.5. The molecule has 1 fully saturated rings. The predicted octanol–water partition coefficient (Wildman–Crippen LogP) is 8.16.